The Hall–Kier alpha value is -3.80. The number of ketones is 1. The number of Topliss-reactive ketones (excluding diaryl/α,β-unsaturated/α-hetero) is 1. The number of aliphatic hydroxyl groups is 1. The maximum Gasteiger partial charge on any atom is 0.300 e. The van der Waals surface area contributed by atoms with Crippen molar-refractivity contribution in [2.75, 3.05) is 4.90 Å². The minimum Gasteiger partial charge on any atom is -0.507 e. The molecule has 4 rings (SSSR count). The van der Waals surface area contributed by atoms with E-state index >= 15 is 0 Å². The highest BCUT2D eigenvalue weighted by molar-refractivity contribution is 6.51. The fourth-order valence-electron chi connectivity index (χ4n) is 3.64. The summed E-state index contributed by atoms with van der Waals surface area (Å²) in [6, 6.07) is 16.5. The Kier molecular flexibility index (Phi) is 5.38. The van der Waals surface area contributed by atoms with Crippen LogP contribution in [0.4, 0.5) is 5.69 Å². The van der Waals surface area contributed by atoms with E-state index in [0.717, 1.165) is 5.56 Å². The van der Waals surface area contributed by atoms with Gasteiger partial charge in [-0.25, -0.2) is 0 Å². The molecule has 0 spiro atoms. The van der Waals surface area contributed by atoms with Gasteiger partial charge < -0.3 is 14.3 Å². The molecule has 0 bridgehead atoms. The van der Waals surface area contributed by atoms with E-state index < -0.39 is 17.7 Å². The number of ether oxygens (including phenoxy) is 1. The Morgan fingerprint density at radius 3 is 2.29 bits per heavy atom. The smallest absolute Gasteiger partial charge is 0.300 e. The van der Waals surface area contributed by atoms with Gasteiger partial charge in [0.15, 0.2) is 0 Å². The molecule has 1 fully saturated rings. The number of furan rings is 1. The lowest BCUT2D eigenvalue weighted by molar-refractivity contribution is -0.132. The molecule has 1 atom stereocenters. The number of benzene rings is 2. The molecule has 3 aromatic rings. The Balaban J connectivity index is 1.82. The van der Waals surface area contributed by atoms with Gasteiger partial charge in [0, 0.05) is 11.3 Å². The standard InChI is InChI=1S/C25H23NO5/c1-15(2)31-19-12-8-17(9-13-19)23(27)21-22(20-5-4-14-30-20)26(25(29)24(21)28)18-10-6-16(3)7-11-18/h4-15,22,27H,1-3H3/b23-21-. The van der Waals surface area contributed by atoms with Crippen molar-refractivity contribution in [3.8, 4) is 5.75 Å². The third kappa shape index (κ3) is 3.84. The van der Waals surface area contributed by atoms with Crippen molar-refractivity contribution >= 4 is 23.1 Å². The summed E-state index contributed by atoms with van der Waals surface area (Å²) in [5.41, 5.74) is 1.97. The molecule has 1 aliphatic heterocycles. The van der Waals surface area contributed by atoms with Crippen LogP contribution in [-0.2, 0) is 9.59 Å². The molecule has 31 heavy (non-hydrogen) atoms. The lowest BCUT2D eigenvalue weighted by atomic mass is 9.99. The number of hydrogen-bond donors (Lipinski definition) is 1. The van der Waals surface area contributed by atoms with E-state index in [4.69, 9.17) is 9.15 Å². The van der Waals surface area contributed by atoms with E-state index in [2.05, 4.69) is 0 Å². The maximum atomic E-state index is 13.0. The molecule has 2 aromatic carbocycles. The average molecular weight is 417 g/mol. The van der Waals surface area contributed by atoms with Crippen molar-refractivity contribution in [1.82, 2.24) is 0 Å². The van der Waals surface area contributed by atoms with Crippen LogP contribution in [0.3, 0.4) is 0 Å². The Morgan fingerprint density at radius 2 is 1.71 bits per heavy atom. The minimum absolute atomic E-state index is 0.0123. The summed E-state index contributed by atoms with van der Waals surface area (Å²) in [5, 5.41) is 11.1. The topological polar surface area (TPSA) is 80.0 Å². The van der Waals surface area contributed by atoms with E-state index in [1.54, 1.807) is 48.5 Å². The lowest BCUT2D eigenvalue weighted by Crippen LogP contribution is -2.29. The highest BCUT2D eigenvalue weighted by Gasteiger charge is 2.48. The van der Waals surface area contributed by atoms with E-state index in [0.29, 0.717) is 22.8 Å². The number of carbonyl (C=O) groups is 2. The number of nitrogens with zero attached hydrogens (tertiary/aromatic N) is 1. The second kappa shape index (κ2) is 8.14. The quantitative estimate of drug-likeness (QED) is 0.359. The fourth-order valence-corrected chi connectivity index (χ4v) is 3.64. The van der Waals surface area contributed by atoms with Crippen molar-refractivity contribution in [1.29, 1.82) is 0 Å². The lowest BCUT2D eigenvalue weighted by Gasteiger charge is -2.23. The summed E-state index contributed by atoms with van der Waals surface area (Å²) in [6.07, 6.45) is 1.49. The zero-order valence-corrected chi connectivity index (χ0v) is 17.5. The number of carbonyl (C=O) groups excluding carboxylic acids is 2. The maximum absolute atomic E-state index is 13.0. The SMILES string of the molecule is Cc1ccc(N2C(=O)C(=O)/C(=C(\O)c3ccc(OC(C)C)cc3)C2c2ccco2)cc1. The number of hydrogen-bond acceptors (Lipinski definition) is 5. The highest BCUT2D eigenvalue weighted by atomic mass is 16.5. The third-order valence-corrected chi connectivity index (χ3v) is 5.07. The van der Waals surface area contributed by atoms with Crippen LogP contribution in [0.15, 0.2) is 76.9 Å². The van der Waals surface area contributed by atoms with Gasteiger partial charge in [0.05, 0.1) is 17.9 Å². The van der Waals surface area contributed by atoms with Crippen molar-refractivity contribution in [3.63, 3.8) is 0 Å². The molecule has 2 heterocycles. The number of aryl methyl sites for hydroxylation is 1. The predicted molar refractivity (Wildman–Crippen MR) is 117 cm³/mol. The van der Waals surface area contributed by atoms with Crippen molar-refractivity contribution < 1.29 is 23.8 Å². The second-order valence-corrected chi connectivity index (χ2v) is 7.71. The minimum atomic E-state index is -0.871. The largest absolute Gasteiger partial charge is 0.507 e. The van der Waals surface area contributed by atoms with Crippen LogP contribution < -0.4 is 9.64 Å². The summed E-state index contributed by atoms with van der Waals surface area (Å²) in [5.74, 6) is -0.700. The van der Waals surface area contributed by atoms with Gasteiger partial charge in [-0.3, -0.25) is 14.5 Å². The van der Waals surface area contributed by atoms with Gasteiger partial charge in [0.1, 0.15) is 23.3 Å². The molecule has 0 saturated carbocycles. The van der Waals surface area contributed by atoms with Gasteiger partial charge >= 0.3 is 0 Å². The van der Waals surface area contributed by atoms with Gasteiger partial charge in [-0.2, -0.15) is 0 Å². The zero-order chi connectivity index (χ0) is 22.1. The summed E-state index contributed by atoms with van der Waals surface area (Å²) in [7, 11) is 0. The second-order valence-electron chi connectivity index (χ2n) is 7.71. The van der Waals surface area contributed by atoms with Crippen LogP contribution in [0.1, 0.15) is 36.8 Å². The van der Waals surface area contributed by atoms with Gasteiger partial charge in [-0.1, -0.05) is 17.7 Å². The molecule has 1 N–H and O–H groups in total. The first-order chi connectivity index (χ1) is 14.9. The number of amides is 1. The van der Waals surface area contributed by atoms with Gasteiger partial charge in [0.25, 0.3) is 11.7 Å². The summed E-state index contributed by atoms with van der Waals surface area (Å²) >= 11 is 0. The van der Waals surface area contributed by atoms with E-state index in [9.17, 15) is 14.7 Å². The summed E-state index contributed by atoms with van der Waals surface area (Å²) in [6.45, 7) is 5.78. The molecular weight excluding hydrogens is 394 g/mol. The van der Waals surface area contributed by atoms with Crippen LogP contribution in [0.5, 0.6) is 5.75 Å². The first kappa shape index (κ1) is 20.5. The third-order valence-electron chi connectivity index (χ3n) is 5.07. The zero-order valence-electron chi connectivity index (χ0n) is 17.5. The van der Waals surface area contributed by atoms with E-state index in [1.165, 1.54) is 11.2 Å². The molecule has 158 valence electrons. The molecular formula is C25H23NO5. The Bertz CT molecular complexity index is 1130. The first-order valence-electron chi connectivity index (χ1n) is 10.0. The molecule has 1 amide bonds. The number of rotatable bonds is 5. The molecule has 1 unspecified atom stereocenters. The van der Waals surface area contributed by atoms with Gasteiger partial charge in [0.2, 0.25) is 0 Å². The normalized spacial score (nSPS) is 18.1. The fraction of sp³-hybridized carbons (Fsp3) is 0.200. The monoisotopic (exact) mass is 417 g/mol. The number of aliphatic hydroxyl groups excluding tert-OH is 1. The first-order valence-corrected chi connectivity index (χ1v) is 10.0. The summed E-state index contributed by atoms with van der Waals surface area (Å²) in [4.78, 5) is 27.4. The average Bonchev–Trinajstić information content (AvgIpc) is 3.36. The molecule has 1 saturated heterocycles. The van der Waals surface area contributed by atoms with Crippen LogP contribution in [0.25, 0.3) is 5.76 Å². The van der Waals surface area contributed by atoms with Gasteiger partial charge in [-0.15, -0.1) is 0 Å². The van der Waals surface area contributed by atoms with Gasteiger partial charge in [-0.05, 0) is 69.3 Å². The Morgan fingerprint density at radius 1 is 1.03 bits per heavy atom. The Labute approximate surface area is 180 Å². The molecule has 6 heteroatoms. The summed E-state index contributed by atoms with van der Waals surface area (Å²) < 4.78 is 11.2. The van der Waals surface area contributed by atoms with Crippen LogP contribution in [0.2, 0.25) is 0 Å². The number of anilines is 1. The van der Waals surface area contributed by atoms with Crippen LogP contribution in [0, 0.1) is 6.92 Å². The van der Waals surface area contributed by atoms with Crippen LogP contribution in [-0.4, -0.2) is 22.9 Å². The molecule has 6 nitrogen and oxygen atoms in total. The molecule has 1 aliphatic rings. The predicted octanol–water partition coefficient (Wildman–Crippen LogP) is 5.00. The van der Waals surface area contributed by atoms with Crippen molar-refractivity contribution in [3.05, 3.63) is 89.4 Å². The van der Waals surface area contributed by atoms with E-state index in [-0.39, 0.29) is 17.4 Å². The molecule has 0 radical (unpaired) electrons. The van der Waals surface area contributed by atoms with E-state index in [1.807, 2.05) is 32.9 Å². The highest BCUT2D eigenvalue weighted by Crippen LogP contribution is 2.42. The molecule has 0 aliphatic carbocycles. The van der Waals surface area contributed by atoms with Crippen molar-refractivity contribution in [2.24, 2.45) is 0 Å². The molecule has 1 aromatic heterocycles. The van der Waals surface area contributed by atoms with Crippen LogP contribution >= 0.6 is 0 Å². The van der Waals surface area contributed by atoms with Crippen molar-refractivity contribution in [2.45, 2.75) is 32.9 Å².